The van der Waals surface area contributed by atoms with E-state index in [1.165, 1.54) is 0 Å². The molecule has 3 heteroatoms. The third kappa shape index (κ3) is 5.13. The Bertz CT molecular complexity index is 630. The zero-order valence-corrected chi connectivity index (χ0v) is 14.3. The van der Waals surface area contributed by atoms with Crippen molar-refractivity contribution in [3.8, 4) is 5.75 Å². The van der Waals surface area contributed by atoms with Gasteiger partial charge in [0.15, 0.2) is 6.61 Å². The summed E-state index contributed by atoms with van der Waals surface area (Å²) in [7, 11) is 0. The van der Waals surface area contributed by atoms with Gasteiger partial charge in [0.2, 0.25) is 0 Å². The van der Waals surface area contributed by atoms with E-state index in [4.69, 9.17) is 4.74 Å². The van der Waals surface area contributed by atoms with E-state index in [1.54, 1.807) is 0 Å². The first-order valence-corrected chi connectivity index (χ1v) is 8.01. The Balaban J connectivity index is 1.97. The Morgan fingerprint density at radius 2 is 1.65 bits per heavy atom. The lowest BCUT2D eigenvalue weighted by atomic mass is 9.96. The van der Waals surface area contributed by atoms with Crippen LogP contribution in [0.1, 0.15) is 36.6 Å². The van der Waals surface area contributed by atoms with Gasteiger partial charge in [-0.25, -0.2) is 0 Å². The van der Waals surface area contributed by atoms with E-state index in [1.807, 2.05) is 56.3 Å². The Morgan fingerprint density at radius 3 is 2.22 bits per heavy atom. The van der Waals surface area contributed by atoms with Gasteiger partial charge in [-0.15, -0.1) is 0 Å². The van der Waals surface area contributed by atoms with Gasteiger partial charge in [0.05, 0.1) is 6.04 Å². The molecule has 0 aliphatic rings. The van der Waals surface area contributed by atoms with E-state index < -0.39 is 0 Å². The van der Waals surface area contributed by atoms with Crippen LogP contribution in [0.3, 0.4) is 0 Å². The largest absolute Gasteiger partial charge is 0.484 e. The summed E-state index contributed by atoms with van der Waals surface area (Å²) in [5, 5.41) is 3.07. The average Bonchev–Trinajstić information content (AvgIpc) is 2.50. The predicted octanol–water partition coefficient (Wildman–Crippen LogP) is 4.20. The number of aryl methyl sites for hydroxylation is 2. The second-order valence-corrected chi connectivity index (χ2v) is 6.31. The molecule has 0 heterocycles. The molecule has 0 saturated heterocycles. The first-order chi connectivity index (χ1) is 11.0. The lowest BCUT2D eigenvalue weighted by Crippen LogP contribution is -2.35. The molecule has 3 nitrogen and oxygen atoms in total. The maximum Gasteiger partial charge on any atom is 0.258 e. The van der Waals surface area contributed by atoms with Crippen molar-refractivity contribution in [2.24, 2.45) is 5.92 Å². The van der Waals surface area contributed by atoms with Crippen molar-refractivity contribution >= 4 is 5.91 Å². The van der Waals surface area contributed by atoms with Crippen LogP contribution in [0.15, 0.2) is 48.5 Å². The zero-order chi connectivity index (χ0) is 16.8. The molecule has 0 radical (unpaired) electrons. The number of nitrogens with one attached hydrogen (secondary N) is 1. The van der Waals surface area contributed by atoms with Crippen LogP contribution in [0.5, 0.6) is 5.75 Å². The predicted molar refractivity (Wildman–Crippen MR) is 93.6 cm³/mol. The molecule has 122 valence electrons. The molecule has 2 aromatic rings. The third-order valence-electron chi connectivity index (χ3n) is 3.71. The third-order valence-corrected chi connectivity index (χ3v) is 3.71. The molecule has 0 unspecified atom stereocenters. The average molecular weight is 311 g/mol. The number of hydrogen-bond acceptors (Lipinski definition) is 2. The van der Waals surface area contributed by atoms with E-state index in [0.717, 1.165) is 22.4 Å². The summed E-state index contributed by atoms with van der Waals surface area (Å²) in [6, 6.07) is 16.0. The molecular formula is C20H25NO2. The monoisotopic (exact) mass is 311 g/mol. The first-order valence-electron chi connectivity index (χ1n) is 8.01. The van der Waals surface area contributed by atoms with Gasteiger partial charge in [-0.1, -0.05) is 50.2 Å². The van der Waals surface area contributed by atoms with Gasteiger partial charge in [0, 0.05) is 0 Å². The molecule has 0 saturated carbocycles. The number of carbonyl (C=O) groups excluding carboxylic acids is 1. The van der Waals surface area contributed by atoms with Crippen molar-refractivity contribution in [3.05, 3.63) is 65.2 Å². The Morgan fingerprint density at radius 1 is 1.04 bits per heavy atom. The normalized spacial score (nSPS) is 12.0. The van der Waals surface area contributed by atoms with E-state index in [2.05, 4.69) is 25.2 Å². The number of amides is 1. The van der Waals surface area contributed by atoms with Crippen LogP contribution in [0.4, 0.5) is 0 Å². The van der Waals surface area contributed by atoms with Gasteiger partial charge < -0.3 is 10.1 Å². The van der Waals surface area contributed by atoms with Crippen molar-refractivity contribution < 1.29 is 9.53 Å². The SMILES string of the molecule is Cc1cc(C)cc(OCC(=O)N[C@@H](c2ccccc2)C(C)C)c1. The van der Waals surface area contributed by atoms with Crippen molar-refractivity contribution in [1.29, 1.82) is 0 Å². The molecular weight excluding hydrogens is 286 g/mol. The molecule has 1 atom stereocenters. The lowest BCUT2D eigenvalue weighted by molar-refractivity contribution is -0.124. The zero-order valence-electron chi connectivity index (χ0n) is 14.3. The van der Waals surface area contributed by atoms with Crippen molar-refractivity contribution in [3.63, 3.8) is 0 Å². The molecule has 0 spiro atoms. The fraction of sp³-hybridized carbons (Fsp3) is 0.350. The molecule has 2 rings (SSSR count). The Hall–Kier alpha value is -2.29. The fourth-order valence-electron chi connectivity index (χ4n) is 2.68. The van der Waals surface area contributed by atoms with E-state index in [9.17, 15) is 4.79 Å². The highest BCUT2D eigenvalue weighted by Crippen LogP contribution is 2.21. The number of hydrogen-bond donors (Lipinski definition) is 1. The number of ether oxygens (including phenoxy) is 1. The molecule has 23 heavy (non-hydrogen) atoms. The van der Waals surface area contributed by atoms with E-state index >= 15 is 0 Å². The highest BCUT2D eigenvalue weighted by Gasteiger charge is 2.18. The Kier molecular flexibility index (Phi) is 5.80. The minimum Gasteiger partial charge on any atom is -0.484 e. The van der Waals surface area contributed by atoms with Gasteiger partial charge >= 0.3 is 0 Å². The minimum atomic E-state index is -0.105. The molecule has 0 aromatic heterocycles. The summed E-state index contributed by atoms with van der Waals surface area (Å²) >= 11 is 0. The van der Waals surface area contributed by atoms with Crippen LogP contribution >= 0.6 is 0 Å². The van der Waals surface area contributed by atoms with Crippen molar-refractivity contribution in [1.82, 2.24) is 5.32 Å². The first kappa shape index (κ1) is 17.1. The molecule has 2 aromatic carbocycles. The highest BCUT2D eigenvalue weighted by atomic mass is 16.5. The summed E-state index contributed by atoms with van der Waals surface area (Å²) in [6.07, 6.45) is 0. The van der Waals surface area contributed by atoms with Crippen molar-refractivity contribution in [2.45, 2.75) is 33.7 Å². The van der Waals surface area contributed by atoms with Crippen LogP contribution in [-0.2, 0) is 4.79 Å². The van der Waals surface area contributed by atoms with Gasteiger partial charge in [-0.05, 0) is 48.6 Å². The van der Waals surface area contributed by atoms with Crippen LogP contribution in [0.25, 0.3) is 0 Å². The molecule has 0 bridgehead atoms. The highest BCUT2D eigenvalue weighted by molar-refractivity contribution is 5.78. The lowest BCUT2D eigenvalue weighted by Gasteiger charge is -2.23. The van der Waals surface area contributed by atoms with Crippen LogP contribution in [0, 0.1) is 19.8 Å². The Labute approximate surface area is 138 Å². The second-order valence-electron chi connectivity index (χ2n) is 6.31. The standard InChI is InChI=1S/C20H25NO2/c1-14(2)20(17-8-6-5-7-9-17)21-19(22)13-23-18-11-15(3)10-16(4)12-18/h5-12,14,20H,13H2,1-4H3,(H,21,22)/t20-/m1/s1. The minimum absolute atomic E-state index is 0.00783. The molecule has 0 aliphatic carbocycles. The number of benzene rings is 2. The summed E-state index contributed by atoms with van der Waals surface area (Å²) in [5.41, 5.74) is 3.37. The summed E-state index contributed by atoms with van der Waals surface area (Å²) in [5.74, 6) is 0.938. The van der Waals surface area contributed by atoms with Crippen LogP contribution in [-0.4, -0.2) is 12.5 Å². The topological polar surface area (TPSA) is 38.3 Å². The quantitative estimate of drug-likeness (QED) is 0.868. The smallest absolute Gasteiger partial charge is 0.258 e. The van der Waals surface area contributed by atoms with Gasteiger partial charge in [0.1, 0.15) is 5.75 Å². The molecule has 0 fully saturated rings. The maximum absolute atomic E-state index is 12.2. The van der Waals surface area contributed by atoms with Gasteiger partial charge in [-0.3, -0.25) is 4.79 Å². The number of carbonyl (C=O) groups is 1. The van der Waals surface area contributed by atoms with E-state index in [-0.39, 0.29) is 18.6 Å². The van der Waals surface area contributed by atoms with Crippen LogP contribution in [0.2, 0.25) is 0 Å². The number of rotatable bonds is 6. The van der Waals surface area contributed by atoms with Crippen molar-refractivity contribution in [2.75, 3.05) is 6.61 Å². The fourth-order valence-corrected chi connectivity index (χ4v) is 2.68. The second kappa shape index (κ2) is 7.82. The maximum atomic E-state index is 12.2. The van der Waals surface area contributed by atoms with E-state index in [0.29, 0.717) is 5.92 Å². The molecule has 1 amide bonds. The summed E-state index contributed by atoms with van der Waals surface area (Å²) in [4.78, 5) is 12.2. The molecule has 0 aliphatic heterocycles. The molecule has 1 N–H and O–H groups in total. The van der Waals surface area contributed by atoms with Gasteiger partial charge in [-0.2, -0.15) is 0 Å². The van der Waals surface area contributed by atoms with Gasteiger partial charge in [0.25, 0.3) is 5.91 Å². The summed E-state index contributed by atoms with van der Waals surface area (Å²) < 4.78 is 5.63. The van der Waals surface area contributed by atoms with Crippen LogP contribution < -0.4 is 10.1 Å². The summed E-state index contributed by atoms with van der Waals surface area (Å²) in [6.45, 7) is 8.26.